The molecule has 0 radical (unpaired) electrons. The molecule has 210 valence electrons. The first-order valence-corrected chi connectivity index (χ1v) is 13.9. The standard InChI is InChI=1S/C28H30Cl2N6O4/c29-25-23(9-21(13-33-25)39-15-19-5-7-31-19)27(37)35-11-17-1-2-18(4-3-17)12-36-28(38)24-10-22(14-34-26(24)30)40-16-20-6-8-32-20/h1-4,9-10,13-14,19-20,31-32H,5-8,11-12,15-16H2,(H,35,37)(H,36,38)/t19-,20?/m0/s1. The Hall–Kier alpha value is -3.44. The van der Waals surface area contributed by atoms with Gasteiger partial charge in [0.05, 0.1) is 23.5 Å². The Morgan fingerprint density at radius 3 is 1.52 bits per heavy atom. The van der Waals surface area contributed by atoms with Gasteiger partial charge in [0.15, 0.2) is 0 Å². The van der Waals surface area contributed by atoms with Gasteiger partial charge in [-0.2, -0.15) is 0 Å². The lowest BCUT2D eigenvalue weighted by atomic mass is 10.1. The molecule has 4 heterocycles. The highest BCUT2D eigenvalue weighted by Gasteiger charge is 2.19. The molecule has 2 fully saturated rings. The second-order valence-electron chi connectivity index (χ2n) is 9.70. The van der Waals surface area contributed by atoms with Crippen molar-refractivity contribution in [2.75, 3.05) is 26.3 Å². The third kappa shape index (κ3) is 7.39. The predicted octanol–water partition coefficient (Wildman–Crippen LogP) is 3.12. The number of hydrogen-bond acceptors (Lipinski definition) is 8. The fourth-order valence-electron chi connectivity index (χ4n) is 4.04. The summed E-state index contributed by atoms with van der Waals surface area (Å²) in [7, 11) is 0. The number of carbonyl (C=O) groups is 2. The van der Waals surface area contributed by atoms with Gasteiger partial charge in [0.1, 0.15) is 35.0 Å². The third-order valence-electron chi connectivity index (χ3n) is 6.80. The van der Waals surface area contributed by atoms with Crippen LogP contribution >= 0.6 is 23.2 Å². The largest absolute Gasteiger partial charge is 0.490 e. The maximum Gasteiger partial charge on any atom is 0.254 e. The average Bonchev–Trinajstić information content (AvgIpc) is 2.91. The first kappa shape index (κ1) is 28.1. The van der Waals surface area contributed by atoms with E-state index in [0.717, 1.165) is 37.1 Å². The maximum atomic E-state index is 12.7. The van der Waals surface area contributed by atoms with Crippen LogP contribution in [-0.2, 0) is 13.1 Å². The predicted molar refractivity (Wildman–Crippen MR) is 151 cm³/mol. The van der Waals surface area contributed by atoms with E-state index >= 15 is 0 Å². The Bertz CT molecular complexity index is 1250. The number of pyridine rings is 2. The van der Waals surface area contributed by atoms with Crippen LogP contribution in [0.3, 0.4) is 0 Å². The smallest absolute Gasteiger partial charge is 0.254 e. The number of aromatic nitrogens is 2. The molecule has 4 N–H and O–H groups in total. The second kappa shape index (κ2) is 13.3. The Labute approximate surface area is 242 Å². The van der Waals surface area contributed by atoms with Gasteiger partial charge >= 0.3 is 0 Å². The average molecular weight is 585 g/mol. The van der Waals surface area contributed by atoms with Gasteiger partial charge in [0.25, 0.3) is 11.8 Å². The molecule has 2 aromatic heterocycles. The van der Waals surface area contributed by atoms with Crippen LogP contribution < -0.4 is 30.7 Å². The van der Waals surface area contributed by atoms with Crippen LogP contribution in [0.5, 0.6) is 11.5 Å². The van der Waals surface area contributed by atoms with E-state index in [0.29, 0.717) is 49.9 Å². The monoisotopic (exact) mass is 584 g/mol. The molecule has 3 aromatic rings. The molecule has 2 amide bonds. The molecule has 2 aliphatic rings. The number of nitrogens with zero attached hydrogens (tertiary/aromatic N) is 2. The van der Waals surface area contributed by atoms with E-state index in [4.69, 9.17) is 32.7 Å². The van der Waals surface area contributed by atoms with Gasteiger partial charge in [-0.1, -0.05) is 47.5 Å². The van der Waals surface area contributed by atoms with Crippen molar-refractivity contribution in [1.82, 2.24) is 31.2 Å². The van der Waals surface area contributed by atoms with Crippen LogP contribution in [-0.4, -0.2) is 60.2 Å². The SMILES string of the molecule is O=C(NCc1ccc(CNC(=O)c2cc(OC[C@@H]3CCN3)cnc2Cl)cc1)c1cc(OCC2CCN2)cnc1Cl. The Balaban J connectivity index is 1.09. The number of carbonyl (C=O) groups excluding carboxylic acids is 2. The highest BCUT2D eigenvalue weighted by Crippen LogP contribution is 2.21. The van der Waals surface area contributed by atoms with Gasteiger partial charge < -0.3 is 30.7 Å². The number of amides is 2. The van der Waals surface area contributed by atoms with E-state index in [2.05, 4.69) is 31.2 Å². The van der Waals surface area contributed by atoms with Crippen molar-refractivity contribution >= 4 is 35.0 Å². The third-order valence-corrected chi connectivity index (χ3v) is 7.40. The second-order valence-corrected chi connectivity index (χ2v) is 10.4. The first-order valence-electron chi connectivity index (χ1n) is 13.1. The first-order chi connectivity index (χ1) is 19.4. The Morgan fingerprint density at radius 2 is 1.18 bits per heavy atom. The van der Waals surface area contributed by atoms with E-state index in [9.17, 15) is 9.59 Å². The van der Waals surface area contributed by atoms with Gasteiger partial charge in [0.2, 0.25) is 0 Å². The van der Waals surface area contributed by atoms with E-state index in [1.165, 1.54) is 12.4 Å². The van der Waals surface area contributed by atoms with Crippen LogP contribution in [0.1, 0.15) is 44.7 Å². The fraction of sp³-hybridized carbons (Fsp3) is 0.357. The lowest BCUT2D eigenvalue weighted by Gasteiger charge is -2.27. The van der Waals surface area contributed by atoms with Crippen LogP contribution in [0.25, 0.3) is 0 Å². The zero-order valence-corrected chi connectivity index (χ0v) is 23.2. The molecule has 0 bridgehead atoms. The minimum Gasteiger partial charge on any atom is -0.490 e. The van der Waals surface area contributed by atoms with Crippen molar-refractivity contribution in [2.24, 2.45) is 0 Å². The highest BCUT2D eigenvalue weighted by molar-refractivity contribution is 6.33. The molecule has 2 atom stereocenters. The van der Waals surface area contributed by atoms with Crippen molar-refractivity contribution in [3.05, 3.63) is 81.4 Å². The van der Waals surface area contributed by atoms with Crippen molar-refractivity contribution in [2.45, 2.75) is 38.0 Å². The van der Waals surface area contributed by atoms with Crippen molar-refractivity contribution < 1.29 is 19.1 Å². The van der Waals surface area contributed by atoms with Gasteiger partial charge in [-0.25, -0.2) is 9.97 Å². The van der Waals surface area contributed by atoms with Gasteiger partial charge in [0, 0.05) is 25.2 Å². The van der Waals surface area contributed by atoms with Crippen LogP contribution in [0, 0.1) is 0 Å². The van der Waals surface area contributed by atoms with Crippen LogP contribution in [0.15, 0.2) is 48.8 Å². The van der Waals surface area contributed by atoms with Gasteiger partial charge in [-0.05, 0) is 49.2 Å². The Morgan fingerprint density at radius 1 is 0.775 bits per heavy atom. The quantitative estimate of drug-likeness (QED) is 0.239. The van der Waals surface area contributed by atoms with Crippen molar-refractivity contribution in [1.29, 1.82) is 0 Å². The number of ether oxygens (including phenoxy) is 2. The van der Waals surface area contributed by atoms with Gasteiger partial charge in [-0.15, -0.1) is 0 Å². The summed E-state index contributed by atoms with van der Waals surface area (Å²) in [5, 5.41) is 12.5. The maximum absolute atomic E-state index is 12.7. The van der Waals surface area contributed by atoms with E-state index in [1.54, 1.807) is 12.1 Å². The summed E-state index contributed by atoms with van der Waals surface area (Å²) >= 11 is 12.3. The summed E-state index contributed by atoms with van der Waals surface area (Å²) < 4.78 is 11.4. The lowest BCUT2D eigenvalue weighted by molar-refractivity contribution is 0.0941. The number of nitrogens with one attached hydrogen (secondary N) is 4. The lowest BCUT2D eigenvalue weighted by Crippen LogP contribution is -2.46. The summed E-state index contributed by atoms with van der Waals surface area (Å²) in [4.78, 5) is 33.6. The summed E-state index contributed by atoms with van der Waals surface area (Å²) in [6.07, 6.45) is 5.15. The van der Waals surface area contributed by atoms with Crippen LogP contribution in [0.4, 0.5) is 0 Å². The fourth-order valence-corrected chi connectivity index (χ4v) is 4.42. The summed E-state index contributed by atoms with van der Waals surface area (Å²) in [5.74, 6) is 0.303. The molecule has 2 saturated heterocycles. The van der Waals surface area contributed by atoms with Gasteiger partial charge in [-0.3, -0.25) is 9.59 Å². The molecular weight excluding hydrogens is 555 g/mol. The van der Waals surface area contributed by atoms with Crippen molar-refractivity contribution in [3.63, 3.8) is 0 Å². The zero-order valence-electron chi connectivity index (χ0n) is 21.7. The molecule has 10 nitrogen and oxygen atoms in total. The van der Waals surface area contributed by atoms with E-state index in [-0.39, 0.29) is 33.2 Å². The summed E-state index contributed by atoms with van der Waals surface area (Å²) in [6, 6.07) is 11.4. The molecule has 0 saturated carbocycles. The topological polar surface area (TPSA) is 127 Å². The molecule has 0 spiro atoms. The number of halogens is 2. The molecule has 12 heteroatoms. The normalized spacial score (nSPS) is 17.8. The number of rotatable bonds is 12. The Kier molecular flexibility index (Phi) is 9.33. The molecule has 0 aliphatic carbocycles. The molecule has 2 aliphatic heterocycles. The van der Waals surface area contributed by atoms with E-state index < -0.39 is 0 Å². The van der Waals surface area contributed by atoms with Crippen molar-refractivity contribution in [3.8, 4) is 11.5 Å². The summed E-state index contributed by atoms with van der Waals surface area (Å²) in [6.45, 7) is 3.60. The molecular formula is C28H30Cl2N6O4. The molecule has 40 heavy (non-hydrogen) atoms. The minimum absolute atomic E-state index is 0.112. The molecule has 1 aromatic carbocycles. The van der Waals surface area contributed by atoms with E-state index in [1.807, 2.05) is 24.3 Å². The number of hydrogen-bond donors (Lipinski definition) is 4. The molecule has 1 unspecified atom stereocenters. The highest BCUT2D eigenvalue weighted by atomic mass is 35.5. The van der Waals surface area contributed by atoms with Crippen LogP contribution in [0.2, 0.25) is 10.3 Å². The zero-order chi connectivity index (χ0) is 27.9. The molecule has 5 rings (SSSR count). The number of benzene rings is 1. The summed E-state index contributed by atoms with van der Waals surface area (Å²) in [5.41, 5.74) is 2.27. The minimum atomic E-state index is -0.346.